The Kier molecular flexibility index (Phi) is 2.29. The van der Waals surface area contributed by atoms with Crippen LogP contribution in [0.1, 0.15) is 6.92 Å². The van der Waals surface area contributed by atoms with E-state index in [1.54, 1.807) is 0 Å². The smallest absolute Gasteiger partial charge is 0.178 e. The summed E-state index contributed by atoms with van der Waals surface area (Å²) in [4.78, 5) is 9.29. The molecule has 0 aliphatic heterocycles. The van der Waals surface area contributed by atoms with E-state index in [2.05, 4.69) is 0 Å². The van der Waals surface area contributed by atoms with Gasteiger partial charge in [0.15, 0.2) is 12.1 Å². The summed E-state index contributed by atoms with van der Waals surface area (Å²) < 4.78 is 11.4. The molecule has 0 fully saturated rings. The van der Waals surface area contributed by atoms with E-state index >= 15 is 0 Å². The maximum absolute atomic E-state index is 11.4. The lowest BCUT2D eigenvalue weighted by Gasteiger charge is -1.68. The third kappa shape index (κ3) is 1.64. The van der Waals surface area contributed by atoms with Gasteiger partial charge in [0.1, 0.15) is 0 Å². The Morgan fingerprint density at radius 3 is 2.33 bits per heavy atom. The Morgan fingerprint density at radius 1 is 1.83 bits per heavy atom. The normalized spacial score (nSPS) is 11.3. The first kappa shape index (κ1) is 5.34. The molecule has 0 N–H and O–H groups in total. The van der Waals surface area contributed by atoms with Crippen LogP contribution in [-0.2, 0) is 4.79 Å². The van der Waals surface area contributed by atoms with E-state index in [1.807, 2.05) is 0 Å². The first-order valence-corrected chi connectivity index (χ1v) is 1.58. The summed E-state index contributed by atoms with van der Waals surface area (Å²) in [5.74, 6) is -0.713. The predicted molar refractivity (Wildman–Crippen MR) is 20.9 cm³/mol. The van der Waals surface area contributed by atoms with Crippen LogP contribution in [0.5, 0.6) is 0 Å². The van der Waals surface area contributed by atoms with Crippen LogP contribution in [0.2, 0.25) is 0 Å². The Balaban J connectivity index is 3.50. The second kappa shape index (κ2) is 2.57. The molecule has 0 rings (SSSR count). The Morgan fingerprint density at radius 2 is 2.33 bits per heavy atom. The summed E-state index contributed by atoms with van der Waals surface area (Å²) in [5, 5.41) is 0. The first-order valence-electron chi connectivity index (χ1n) is 1.58. The standard InChI is InChI=1S/C4H5FO/c1-2-4(5)3-6/h2-3H,1H3/b4-2+. The van der Waals surface area contributed by atoms with Gasteiger partial charge >= 0.3 is 0 Å². The Labute approximate surface area is 35.5 Å². The van der Waals surface area contributed by atoms with Crippen molar-refractivity contribution in [3.63, 3.8) is 0 Å². The van der Waals surface area contributed by atoms with Gasteiger partial charge in [-0.25, -0.2) is 4.39 Å². The second-order valence-electron chi connectivity index (χ2n) is 0.791. The molecule has 0 heterocycles. The van der Waals surface area contributed by atoms with Gasteiger partial charge in [0.05, 0.1) is 0 Å². The molecule has 0 amide bonds. The summed E-state index contributed by atoms with van der Waals surface area (Å²) in [6.07, 6.45) is 1.27. The molecule has 0 aliphatic carbocycles. The second-order valence-corrected chi connectivity index (χ2v) is 0.791. The maximum atomic E-state index is 11.4. The maximum Gasteiger partial charge on any atom is 0.178 e. The molecule has 0 saturated carbocycles. The molecule has 0 spiro atoms. The van der Waals surface area contributed by atoms with Crippen LogP contribution in [-0.4, -0.2) is 6.29 Å². The molecule has 0 aromatic carbocycles. The SMILES string of the molecule is C/C=C(/F)C=O. The molecule has 0 saturated heterocycles. The Bertz CT molecular complexity index is 75.6. The largest absolute Gasteiger partial charge is 0.295 e. The fourth-order valence-electron chi connectivity index (χ4n) is 0.0680. The highest BCUT2D eigenvalue weighted by molar-refractivity contribution is 5.69. The van der Waals surface area contributed by atoms with Crippen molar-refractivity contribution in [2.24, 2.45) is 0 Å². The van der Waals surface area contributed by atoms with Crippen LogP contribution in [0, 0.1) is 0 Å². The fraction of sp³-hybridized carbons (Fsp3) is 0.250. The number of allylic oxidation sites excluding steroid dienone is 2. The third-order valence-corrected chi connectivity index (χ3v) is 0.388. The van der Waals surface area contributed by atoms with Crippen LogP contribution in [0.25, 0.3) is 0 Å². The van der Waals surface area contributed by atoms with Crippen molar-refractivity contribution in [2.45, 2.75) is 6.92 Å². The molecule has 2 heteroatoms. The highest BCUT2D eigenvalue weighted by Gasteiger charge is 1.79. The highest BCUT2D eigenvalue weighted by atomic mass is 19.1. The van der Waals surface area contributed by atoms with Gasteiger partial charge in [-0.1, -0.05) is 0 Å². The van der Waals surface area contributed by atoms with E-state index in [4.69, 9.17) is 0 Å². The lowest BCUT2D eigenvalue weighted by molar-refractivity contribution is -0.106. The number of halogens is 1. The van der Waals surface area contributed by atoms with E-state index in [1.165, 1.54) is 6.92 Å². The number of carbonyl (C=O) groups excluding carboxylic acids is 1. The number of hydrogen-bond donors (Lipinski definition) is 0. The average molecular weight is 88.1 g/mol. The minimum atomic E-state index is -0.713. The lowest BCUT2D eigenvalue weighted by atomic mass is 10.5. The minimum absolute atomic E-state index is 0.167. The molecular formula is C4H5FO. The van der Waals surface area contributed by atoms with Crippen molar-refractivity contribution in [2.75, 3.05) is 0 Å². The zero-order valence-corrected chi connectivity index (χ0v) is 3.44. The summed E-state index contributed by atoms with van der Waals surface area (Å²) in [5.41, 5.74) is 0. The van der Waals surface area contributed by atoms with Gasteiger partial charge in [-0.3, -0.25) is 4.79 Å². The number of carbonyl (C=O) groups is 1. The first-order chi connectivity index (χ1) is 2.81. The molecule has 0 aromatic rings. The summed E-state index contributed by atoms with van der Waals surface area (Å²) in [6, 6.07) is 0. The van der Waals surface area contributed by atoms with Crippen molar-refractivity contribution >= 4 is 6.29 Å². The molecule has 34 valence electrons. The third-order valence-electron chi connectivity index (χ3n) is 0.388. The van der Waals surface area contributed by atoms with Crippen LogP contribution >= 0.6 is 0 Å². The summed E-state index contributed by atoms with van der Waals surface area (Å²) >= 11 is 0. The Hall–Kier alpha value is -0.660. The average Bonchev–Trinajstić information content (AvgIpc) is 1.65. The number of rotatable bonds is 1. The van der Waals surface area contributed by atoms with Crippen molar-refractivity contribution in [3.05, 3.63) is 11.9 Å². The van der Waals surface area contributed by atoms with Gasteiger partial charge in [0, 0.05) is 0 Å². The predicted octanol–water partition coefficient (Wildman–Crippen LogP) is 1.06. The van der Waals surface area contributed by atoms with Gasteiger partial charge in [-0.05, 0) is 13.0 Å². The van der Waals surface area contributed by atoms with Crippen molar-refractivity contribution in [1.29, 1.82) is 0 Å². The topological polar surface area (TPSA) is 17.1 Å². The summed E-state index contributed by atoms with van der Waals surface area (Å²) in [7, 11) is 0. The molecule has 0 atom stereocenters. The van der Waals surface area contributed by atoms with E-state index in [0.29, 0.717) is 0 Å². The minimum Gasteiger partial charge on any atom is -0.295 e. The molecule has 0 aliphatic rings. The zero-order chi connectivity index (χ0) is 4.99. The lowest BCUT2D eigenvalue weighted by Crippen LogP contribution is -1.66. The van der Waals surface area contributed by atoms with Gasteiger partial charge < -0.3 is 0 Å². The van der Waals surface area contributed by atoms with Crippen molar-refractivity contribution in [3.8, 4) is 0 Å². The fourth-order valence-corrected chi connectivity index (χ4v) is 0.0680. The molecule has 1 nitrogen and oxygen atoms in total. The number of hydrogen-bond acceptors (Lipinski definition) is 1. The highest BCUT2D eigenvalue weighted by Crippen LogP contribution is 1.85. The van der Waals surface area contributed by atoms with Crippen molar-refractivity contribution < 1.29 is 9.18 Å². The van der Waals surface area contributed by atoms with Crippen LogP contribution < -0.4 is 0 Å². The van der Waals surface area contributed by atoms with E-state index in [9.17, 15) is 9.18 Å². The monoisotopic (exact) mass is 88.0 g/mol. The molecule has 0 unspecified atom stereocenters. The van der Waals surface area contributed by atoms with Crippen LogP contribution in [0.15, 0.2) is 11.9 Å². The molecule has 6 heavy (non-hydrogen) atoms. The van der Waals surface area contributed by atoms with E-state index in [0.717, 1.165) is 6.08 Å². The van der Waals surface area contributed by atoms with Gasteiger partial charge in [0.25, 0.3) is 0 Å². The molecular weight excluding hydrogens is 83.0 g/mol. The van der Waals surface area contributed by atoms with Crippen LogP contribution in [0.3, 0.4) is 0 Å². The van der Waals surface area contributed by atoms with Gasteiger partial charge in [0.2, 0.25) is 0 Å². The van der Waals surface area contributed by atoms with Gasteiger partial charge in [-0.2, -0.15) is 0 Å². The van der Waals surface area contributed by atoms with Crippen molar-refractivity contribution in [1.82, 2.24) is 0 Å². The zero-order valence-electron chi connectivity index (χ0n) is 3.44. The quantitative estimate of drug-likeness (QED) is 0.346. The van der Waals surface area contributed by atoms with E-state index < -0.39 is 5.83 Å². The molecule has 0 bridgehead atoms. The number of aldehydes is 1. The summed E-state index contributed by atoms with van der Waals surface area (Å²) in [6.45, 7) is 1.46. The molecule has 0 radical (unpaired) electrons. The van der Waals surface area contributed by atoms with Gasteiger partial charge in [-0.15, -0.1) is 0 Å². The van der Waals surface area contributed by atoms with Crippen LogP contribution in [0.4, 0.5) is 4.39 Å². The van der Waals surface area contributed by atoms with E-state index in [-0.39, 0.29) is 6.29 Å². The molecule has 0 aromatic heterocycles.